The maximum absolute atomic E-state index is 12.1. The van der Waals surface area contributed by atoms with Gasteiger partial charge in [0.1, 0.15) is 0 Å². The highest BCUT2D eigenvalue weighted by Crippen LogP contribution is 2.09. The highest BCUT2D eigenvalue weighted by Gasteiger charge is 2.01. The number of anilines is 2. The van der Waals surface area contributed by atoms with Crippen molar-refractivity contribution in [2.75, 3.05) is 24.1 Å². The third kappa shape index (κ3) is 6.97. The van der Waals surface area contributed by atoms with Gasteiger partial charge in [-0.25, -0.2) is 14.8 Å². The lowest BCUT2D eigenvalue weighted by molar-refractivity contribution is 0.252. The van der Waals surface area contributed by atoms with E-state index in [2.05, 4.69) is 49.9 Å². The molecule has 0 fully saturated rings. The monoisotopic (exact) mass is 386 g/mol. The molecule has 7 nitrogen and oxygen atoms in total. The smallest absolute Gasteiger partial charge is 0.319 e. The Bertz CT molecular complexity index is 993. The summed E-state index contributed by atoms with van der Waals surface area (Å²) in [5, 5.41) is 8.92. The van der Waals surface area contributed by atoms with Gasteiger partial charge in [-0.3, -0.25) is 0 Å². The average Bonchev–Trinajstić information content (AvgIpc) is 2.74. The second kappa shape index (κ2) is 10.4. The molecule has 0 unspecified atom stereocenters. The van der Waals surface area contributed by atoms with Gasteiger partial charge in [0.15, 0.2) is 0 Å². The zero-order valence-electron chi connectivity index (χ0n) is 15.9. The summed E-state index contributed by atoms with van der Waals surface area (Å²) in [6.45, 7) is 1.97. The van der Waals surface area contributed by atoms with E-state index in [1.54, 1.807) is 18.5 Å². The molecule has 0 atom stereocenters. The summed E-state index contributed by atoms with van der Waals surface area (Å²) in [5.74, 6) is 6.19. The van der Waals surface area contributed by atoms with Crippen molar-refractivity contribution >= 4 is 17.7 Å². The molecule has 0 bridgehead atoms. The molecule has 29 heavy (non-hydrogen) atoms. The molecular weight excluding hydrogens is 364 g/mol. The SMILES string of the molecule is Nc1ncc(C#Cc2cccc(NC(=O)NCCNCc3ccccc3)c2)cn1. The number of urea groups is 1. The number of hydrogen-bond acceptors (Lipinski definition) is 5. The van der Waals surface area contributed by atoms with Gasteiger partial charge in [-0.15, -0.1) is 0 Å². The lowest BCUT2D eigenvalue weighted by Gasteiger charge is -2.09. The minimum atomic E-state index is -0.261. The summed E-state index contributed by atoms with van der Waals surface area (Å²) >= 11 is 0. The Morgan fingerprint density at radius 1 is 0.931 bits per heavy atom. The Morgan fingerprint density at radius 2 is 1.69 bits per heavy atom. The molecular formula is C22H22N6O. The first kappa shape index (κ1) is 19.9. The predicted octanol–water partition coefficient (Wildman–Crippen LogP) is 2.37. The van der Waals surface area contributed by atoms with Crippen LogP contribution in [0.2, 0.25) is 0 Å². The fraction of sp³-hybridized carbons (Fsp3) is 0.136. The van der Waals surface area contributed by atoms with Gasteiger partial charge in [0.25, 0.3) is 0 Å². The standard InChI is InChI=1S/C22H22N6O/c23-21-26-15-19(16-27-21)10-9-17-7-4-8-20(13-17)28-22(29)25-12-11-24-14-18-5-2-1-3-6-18/h1-8,13,15-16,24H,11-12,14H2,(H2,23,26,27)(H2,25,28,29). The van der Waals surface area contributed by atoms with Gasteiger partial charge in [-0.1, -0.05) is 48.2 Å². The van der Waals surface area contributed by atoms with E-state index in [9.17, 15) is 4.79 Å². The molecule has 0 aliphatic heterocycles. The number of carbonyl (C=O) groups is 1. The summed E-state index contributed by atoms with van der Waals surface area (Å²) in [7, 11) is 0. The Morgan fingerprint density at radius 3 is 2.48 bits per heavy atom. The quantitative estimate of drug-likeness (QED) is 0.385. The van der Waals surface area contributed by atoms with Crippen LogP contribution in [0.25, 0.3) is 0 Å². The van der Waals surface area contributed by atoms with Gasteiger partial charge in [0.2, 0.25) is 5.95 Å². The lowest BCUT2D eigenvalue weighted by Crippen LogP contribution is -2.34. The number of hydrogen-bond donors (Lipinski definition) is 4. The maximum Gasteiger partial charge on any atom is 0.319 e. The fourth-order valence-corrected chi connectivity index (χ4v) is 2.49. The number of rotatable bonds is 6. The van der Waals surface area contributed by atoms with Crippen LogP contribution in [0.4, 0.5) is 16.4 Å². The van der Waals surface area contributed by atoms with E-state index >= 15 is 0 Å². The molecule has 1 aromatic heterocycles. The molecule has 1 heterocycles. The van der Waals surface area contributed by atoms with Gasteiger partial charge in [0, 0.05) is 43.3 Å². The molecule has 0 spiro atoms. The molecule has 146 valence electrons. The molecule has 5 N–H and O–H groups in total. The van der Waals surface area contributed by atoms with Gasteiger partial charge in [-0.2, -0.15) is 0 Å². The minimum absolute atomic E-state index is 0.211. The Kier molecular flexibility index (Phi) is 7.15. The number of benzene rings is 2. The van der Waals surface area contributed by atoms with Crippen molar-refractivity contribution in [2.24, 2.45) is 0 Å². The molecule has 3 rings (SSSR count). The van der Waals surface area contributed by atoms with Crippen molar-refractivity contribution in [3.63, 3.8) is 0 Å². The molecule has 2 aromatic carbocycles. The van der Waals surface area contributed by atoms with E-state index in [1.807, 2.05) is 36.4 Å². The first-order valence-electron chi connectivity index (χ1n) is 9.18. The largest absolute Gasteiger partial charge is 0.368 e. The van der Waals surface area contributed by atoms with Crippen molar-refractivity contribution in [1.82, 2.24) is 20.6 Å². The molecule has 0 aliphatic rings. The van der Waals surface area contributed by atoms with Gasteiger partial charge in [-0.05, 0) is 23.8 Å². The van der Waals surface area contributed by atoms with Gasteiger partial charge < -0.3 is 21.7 Å². The third-order valence-corrected chi connectivity index (χ3v) is 3.90. The number of nitrogens with one attached hydrogen (secondary N) is 3. The van der Waals surface area contributed by atoms with E-state index in [1.165, 1.54) is 5.56 Å². The number of nitrogens with two attached hydrogens (primary N) is 1. The van der Waals surface area contributed by atoms with Crippen LogP contribution in [0.3, 0.4) is 0 Å². The average molecular weight is 386 g/mol. The van der Waals surface area contributed by atoms with Crippen molar-refractivity contribution in [3.05, 3.63) is 83.7 Å². The lowest BCUT2D eigenvalue weighted by atomic mass is 10.2. The van der Waals surface area contributed by atoms with E-state index in [0.29, 0.717) is 24.3 Å². The van der Waals surface area contributed by atoms with E-state index in [-0.39, 0.29) is 12.0 Å². The summed E-state index contributed by atoms with van der Waals surface area (Å²) in [6, 6.07) is 17.2. The number of carbonyl (C=O) groups excluding carboxylic acids is 1. The highest BCUT2D eigenvalue weighted by molar-refractivity contribution is 5.89. The van der Waals surface area contributed by atoms with E-state index < -0.39 is 0 Å². The second-order valence-corrected chi connectivity index (χ2v) is 6.20. The van der Waals surface area contributed by atoms with Crippen LogP contribution < -0.4 is 21.7 Å². The normalized spacial score (nSPS) is 9.93. The van der Waals surface area contributed by atoms with Crippen molar-refractivity contribution < 1.29 is 4.79 Å². The topological polar surface area (TPSA) is 105 Å². The molecule has 0 saturated carbocycles. The fourth-order valence-electron chi connectivity index (χ4n) is 2.49. The van der Waals surface area contributed by atoms with Crippen molar-refractivity contribution in [3.8, 4) is 11.8 Å². The van der Waals surface area contributed by atoms with Gasteiger partial charge >= 0.3 is 6.03 Å². The van der Waals surface area contributed by atoms with Gasteiger partial charge in [0.05, 0.1) is 5.56 Å². The molecule has 2 amide bonds. The number of nitrogens with zero attached hydrogens (tertiary/aromatic N) is 2. The zero-order chi connectivity index (χ0) is 20.3. The van der Waals surface area contributed by atoms with Crippen LogP contribution >= 0.6 is 0 Å². The predicted molar refractivity (Wildman–Crippen MR) is 114 cm³/mol. The van der Waals surface area contributed by atoms with Crippen molar-refractivity contribution in [2.45, 2.75) is 6.54 Å². The highest BCUT2D eigenvalue weighted by atomic mass is 16.2. The first-order valence-corrected chi connectivity index (χ1v) is 9.18. The number of amides is 2. The Balaban J connectivity index is 1.43. The van der Waals surface area contributed by atoms with Crippen LogP contribution in [-0.4, -0.2) is 29.1 Å². The molecule has 0 aliphatic carbocycles. The minimum Gasteiger partial charge on any atom is -0.368 e. The molecule has 3 aromatic rings. The number of nitrogen functional groups attached to an aromatic ring is 1. The summed E-state index contributed by atoms with van der Waals surface area (Å²) < 4.78 is 0. The van der Waals surface area contributed by atoms with Crippen LogP contribution in [0, 0.1) is 11.8 Å². The number of aromatic nitrogens is 2. The van der Waals surface area contributed by atoms with E-state index in [0.717, 1.165) is 12.1 Å². The second-order valence-electron chi connectivity index (χ2n) is 6.20. The summed E-state index contributed by atoms with van der Waals surface area (Å²) in [5.41, 5.74) is 8.77. The van der Waals surface area contributed by atoms with E-state index in [4.69, 9.17) is 5.73 Å². The summed E-state index contributed by atoms with van der Waals surface area (Å²) in [4.78, 5) is 19.9. The van der Waals surface area contributed by atoms with Crippen LogP contribution in [0.15, 0.2) is 67.0 Å². The Labute approximate surface area is 169 Å². The molecule has 0 radical (unpaired) electrons. The van der Waals surface area contributed by atoms with Crippen LogP contribution in [-0.2, 0) is 6.54 Å². The maximum atomic E-state index is 12.1. The third-order valence-electron chi connectivity index (χ3n) is 3.90. The van der Waals surface area contributed by atoms with Crippen molar-refractivity contribution in [1.29, 1.82) is 0 Å². The zero-order valence-corrected chi connectivity index (χ0v) is 15.9. The Hall–Kier alpha value is -3.89. The summed E-state index contributed by atoms with van der Waals surface area (Å²) in [6.07, 6.45) is 3.13. The first-order chi connectivity index (χ1) is 14.2. The molecule has 0 saturated heterocycles. The van der Waals surface area contributed by atoms with Crippen LogP contribution in [0.1, 0.15) is 16.7 Å². The molecule has 7 heteroatoms. The van der Waals surface area contributed by atoms with Crippen LogP contribution in [0.5, 0.6) is 0 Å².